The quantitative estimate of drug-likeness (QED) is 0.361. The van der Waals surface area contributed by atoms with Crippen LogP contribution in [0.4, 0.5) is 0 Å². The summed E-state index contributed by atoms with van der Waals surface area (Å²) in [5, 5.41) is 3.63. The van der Waals surface area contributed by atoms with Gasteiger partial charge in [0.2, 0.25) is 0 Å². The van der Waals surface area contributed by atoms with Crippen LogP contribution in [0.15, 0.2) is 35.4 Å². The molecule has 1 aliphatic heterocycles. The molecule has 0 spiro atoms. The minimum atomic E-state index is -0.351. The zero-order valence-electron chi connectivity index (χ0n) is 12.3. The number of rotatable bonds is 5. The first-order chi connectivity index (χ1) is 10.2. The Morgan fingerprint density at radius 2 is 2.24 bits per heavy atom. The molecule has 3 unspecified atom stereocenters. The van der Waals surface area contributed by atoms with Crippen molar-refractivity contribution < 1.29 is 9.53 Å². The average molecular weight is 288 g/mol. The largest absolute Gasteiger partial charge is 0.468 e. The van der Waals surface area contributed by atoms with Crippen LogP contribution in [0.1, 0.15) is 24.9 Å². The molecule has 1 aliphatic rings. The summed E-state index contributed by atoms with van der Waals surface area (Å²) in [6, 6.07) is 9.84. The first kappa shape index (κ1) is 15.4. The van der Waals surface area contributed by atoms with Gasteiger partial charge < -0.3 is 4.74 Å². The molecule has 0 aliphatic carbocycles. The Bertz CT molecular complexity index is 528. The molecule has 1 fully saturated rings. The summed E-state index contributed by atoms with van der Waals surface area (Å²) >= 11 is 0. The van der Waals surface area contributed by atoms with E-state index in [0.29, 0.717) is 6.54 Å². The highest BCUT2D eigenvalue weighted by Gasteiger charge is 2.41. The zero-order valence-corrected chi connectivity index (χ0v) is 12.3. The molecule has 0 aromatic heterocycles. The normalized spacial score (nSPS) is 23.3. The Labute approximate surface area is 124 Å². The van der Waals surface area contributed by atoms with Gasteiger partial charge in [0.1, 0.15) is 6.04 Å². The Hall–Kier alpha value is -2.04. The molecule has 1 aromatic rings. The Balaban J connectivity index is 2.21. The van der Waals surface area contributed by atoms with Gasteiger partial charge in [0.15, 0.2) is 0 Å². The van der Waals surface area contributed by atoms with Crippen molar-refractivity contribution >= 4 is 5.97 Å². The van der Waals surface area contributed by atoms with E-state index < -0.39 is 0 Å². The van der Waals surface area contributed by atoms with Crippen molar-refractivity contribution in [2.75, 3.05) is 20.2 Å². The van der Waals surface area contributed by atoms with E-state index in [9.17, 15) is 4.79 Å². The van der Waals surface area contributed by atoms with Crippen LogP contribution < -0.4 is 0 Å². The highest BCUT2D eigenvalue weighted by Crippen LogP contribution is 2.33. The van der Waals surface area contributed by atoms with Crippen LogP contribution in [-0.4, -0.2) is 37.1 Å². The molecule has 0 N–H and O–H groups in total. The average Bonchev–Trinajstić information content (AvgIpc) is 2.96. The van der Waals surface area contributed by atoms with Gasteiger partial charge in [-0.1, -0.05) is 35.4 Å². The second kappa shape index (κ2) is 7.11. The summed E-state index contributed by atoms with van der Waals surface area (Å²) in [7, 11) is 1.40. The Morgan fingerprint density at radius 3 is 2.86 bits per heavy atom. The molecule has 0 radical (unpaired) electrons. The van der Waals surface area contributed by atoms with E-state index in [4.69, 9.17) is 10.3 Å². The van der Waals surface area contributed by atoms with Gasteiger partial charge in [0.05, 0.1) is 7.11 Å². The Morgan fingerprint density at radius 1 is 1.52 bits per heavy atom. The standard InChI is InChI=1S/C15H20N4O2/c1-11(12-6-4-3-5-7-12)19-9-8-13(10-17-18-16)14(19)15(20)21-2/h3-7,11,13-14H,8-10H2,1-2H3. The lowest BCUT2D eigenvalue weighted by molar-refractivity contribution is -0.148. The second-order valence-electron chi connectivity index (χ2n) is 5.25. The maximum atomic E-state index is 12.1. The number of ether oxygens (including phenoxy) is 1. The molecule has 0 bridgehead atoms. The smallest absolute Gasteiger partial charge is 0.323 e. The number of carbonyl (C=O) groups is 1. The molecular formula is C15H20N4O2. The van der Waals surface area contributed by atoms with Gasteiger partial charge in [0, 0.05) is 17.5 Å². The summed E-state index contributed by atoms with van der Waals surface area (Å²) in [4.78, 5) is 17.1. The van der Waals surface area contributed by atoms with Crippen molar-refractivity contribution in [1.29, 1.82) is 0 Å². The van der Waals surface area contributed by atoms with E-state index >= 15 is 0 Å². The molecule has 6 nitrogen and oxygen atoms in total. The van der Waals surface area contributed by atoms with Crippen LogP contribution in [0.2, 0.25) is 0 Å². The van der Waals surface area contributed by atoms with Gasteiger partial charge in [-0.25, -0.2) is 0 Å². The monoisotopic (exact) mass is 288 g/mol. The first-order valence-corrected chi connectivity index (χ1v) is 7.08. The second-order valence-corrected chi connectivity index (χ2v) is 5.25. The molecule has 1 heterocycles. The highest BCUT2D eigenvalue weighted by atomic mass is 16.5. The number of hydrogen-bond acceptors (Lipinski definition) is 4. The van der Waals surface area contributed by atoms with Crippen LogP contribution in [0.25, 0.3) is 10.4 Å². The highest BCUT2D eigenvalue weighted by molar-refractivity contribution is 5.76. The van der Waals surface area contributed by atoms with Crippen molar-refractivity contribution in [3.8, 4) is 0 Å². The third-order valence-electron chi connectivity index (χ3n) is 4.16. The lowest BCUT2D eigenvalue weighted by Crippen LogP contribution is -2.42. The van der Waals surface area contributed by atoms with Gasteiger partial charge in [-0.05, 0) is 36.9 Å². The molecule has 0 amide bonds. The fraction of sp³-hybridized carbons (Fsp3) is 0.533. The van der Waals surface area contributed by atoms with Crippen molar-refractivity contribution in [2.24, 2.45) is 11.0 Å². The van der Waals surface area contributed by atoms with E-state index in [1.807, 2.05) is 18.2 Å². The molecule has 0 saturated carbocycles. The Kier molecular flexibility index (Phi) is 5.20. The lowest BCUT2D eigenvalue weighted by atomic mass is 9.99. The summed E-state index contributed by atoms with van der Waals surface area (Å²) in [5.41, 5.74) is 9.65. The molecule has 2 rings (SSSR count). The maximum Gasteiger partial charge on any atom is 0.323 e. The molecule has 1 saturated heterocycles. The molecule has 1 aromatic carbocycles. The van der Waals surface area contributed by atoms with Gasteiger partial charge in [-0.3, -0.25) is 9.69 Å². The van der Waals surface area contributed by atoms with E-state index in [0.717, 1.165) is 18.5 Å². The summed E-state index contributed by atoms with van der Waals surface area (Å²) in [6.45, 7) is 3.21. The van der Waals surface area contributed by atoms with Gasteiger partial charge in [-0.2, -0.15) is 0 Å². The van der Waals surface area contributed by atoms with E-state index in [2.05, 4.69) is 34.0 Å². The van der Waals surface area contributed by atoms with Crippen molar-refractivity contribution in [2.45, 2.75) is 25.4 Å². The van der Waals surface area contributed by atoms with Crippen molar-refractivity contribution in [3.63, 3.8) is 0 Å². The third-order valence-corrected chi connectivity index (χ3v) is 4.16. The van der Waals surface area contributed by atoms with Gasteiger partial charge >= 0.3 is 5.97 Å². The number of nitrogens with zero attached hydrogens (tertiary/aromatic N) is 4. The molecule has 6 heteroatoms. The summed E-state index contributed by atoms with van der Waals surface area (Å²) < 4.78 is 4.95. The molecule has 3 atom stereocenters. The minimum Gasteiger partial charge on any atom is -0.468 e. The minimum absolute atomic E-state index is 0.0134. The van der Waals surface area contributed by atoms with Crippen LogP contribution >= 0.6 is 0 Å². The van der Waals surface area contributed by atoms with Gasteiger partial charge in [-0.15, -0.1) is 0 Å². The number of carbonyl (C=O) groups excluding carboxylic acids is 1. The molecule has 112 valence electrons. The summed E-state index contributed by atoms with van der Waals surface area (Å²) in [6.07, 6.45) is 0.829. The zero-order chi connectivity index (χ0) is 15.2. The fourth-order valence-corrected chi connectivity index (χ4v) is 3.02. The van der Waals surface area contributed by atoms with Crippen LogP contribution in [0, 0.1) is 5.92 Å². The first-order valence-electron chi connectivity index (χ1n) is 7.08. The van der Waals surface area contributed by atoms with Gasteiger partial charge in [0.25, 0.3) is 0 Å². The van der Waals surface area contributed by atoms with E-state index in [1.165, 1.54) is 7.11 Å². The predicted molar refractivity (Wildman–Crippen MR) is 79.5 cm³/mol. The van der Waals surface area contributed by atoms with E-state index in [1.54, 1.807) is 0 Å². The molecular weight excluding hydrogens is 268 g/mol. The third kappa shape index (κ3) is 3.35. The number of benzene rings is 1. The number of likely N-dealkylation sites (tertiary alicyclic amines) is 1. The maximum absolute atomic E-state index is 12.1. The number of azide groups is 1. The van der Waals surface area contributed by atoms with Crippen LogP contribution in [0.5, 0.6) is 0 Å². The lowest BCUT2D eigenvalue weighted by Gasteiger charge is -2.31. The van der Waals surface area contributed by atoms with Crippen LogP contribution in [0.3, 0.4) is 0 Å². The van der Waals surface area contributed by atoms with Crippen molar-refractivity contribution in [3.05, 3.63) is 46.3 Å². The molecule has 21 heavy (non-hydrogen) atoms. The number of esters is 1. The topological polar surface area (TPSA) is 78.3 Å². The van der Waals surface area contributed by atoms with Crippen molar-refractivity contribution in [1.82, 2.24) is 4.90 Å². The number of hydrogen-bond donors (Lipinski definition) is 0. The number of methoxy groups -OCH3 is 1. The van der Waals surface area contributed by atoms with E-state index in [-0.39, 0.29) is 24.0 Å². The fourth-order valence-electron chi connectivity index (χ4n) is 3.02. The van der Waals surface area contributed by atoms with Crippen LogP contribution in [-0.2, 0) is 9.53 Å². The predicted octanol–water partition coefficient (Wildman–Crippen LogP) is 2.92. The summed E-state index contributed by atoms with van der Waals surface area (Å²) in [5.74, 6) is -0.243. The SMILES string of the molecule is COC(=O)C1C(CN=[N+]=[N-])CCN1C(C)c1ccccc1.